The van der Waals surface area contributed by atoms with E-state index >= 15 is 0 Å². The van der Waals surface area contributed by atoms with E-state index in [9.17, 15) is 19.2 Å². The first-order valence-corrected chi connectivity index (χ1v) is 12.2. The molecule has 0 spiro atoms. The molecule has 0 bridgehead atoms. The van der Waals surface area contributed by atoms with Gasteiger partial charge in [0.1, 0.15) is 11.6 Å². The average molecular weight is 526 g/mol. The van der Waals surface area contributed by atoms with Gasteiger partial charge < -0.3 is 10.1 Å². The number of nitrogens with zero attached hydrogens (tertiary/aromatic N) is 2. The van der Waals surface area contributed by atoms with Crippen LogP contribution in [0.2, 0.25) is 5.02 Å². The van der Waals surface area contributed by atoms with Crippen molar-refractivity contribution in [2.24, 2.45) is 14.1 Å². The Hall–Kier alpha value is -4.69. The molecule has 0 unspecified atom stereocenters. The highest BCUT2D eigenvalue weighted by Gasteiger charge is 2.42. The van der Waals surface area contributed by atoms with Gasteiger partial charge in [0.25, 0.3) is 5.56 Å². The van der Waals surface area contributed by atoms with Gasteiger partial charge in [-0.25, -0.2) is 9.59 Å². The van der Waals surface area contributed by atoms with E-state index in [0.717, 1.165) is 4.57 Å². The van der Waals surface area contributed by atoms with E-state index in [1.807, 2.05) is 12.1 Å². The third-order valence-electron chi connectivity index (χ3n) is 6.96. The van der Waals surface area contributed by atoms with E-state index < -0.39 is 23.1 Å². The summed E-state index contributed by atoms with van der Waals surface area (Å²) >= 11 is 5.92. The molecule has 0 fully saturated rings. The maximum atomic E-state index is 13.7. The highest BCUT2D eigenvalue weighted by Crippen LogP contribution is 2.48. The highest BCUT2D eigenvalue weighted by atomic mass is 35.5. The number of esters is 1. The van der Waals surface area contributed by atoms with Crippen LogP contribution in [0.4, 0.5) is 5.82 Å². The number of aromatic nitrogens is 2. The number of halogens is 1. The number of fused-ring (bicyclic) bond motifs is 3. The second kappa shape index (κ2) is 8.71. The molecule has 1 aliphatic heterocycles. The Kier molecular flexibility index (Phi) is 5.43. The Balaban J connectivity index is 1.52. The summed E-state index contributed by atoms with van der Waals surface area (Å²) in [5, 5.41) is 3.70. The van der Waals surface area contributed by atoms with Crippen molar-refractivity contribution >= 4 is 34.9 Å². The zero-order valence-corrected chi connectivity index (χ0v) is 21.1. The normalized spacial score (nSPS) is 15.4. The van der Waals surface area contributed by atoms with Gasteiger partial charge in [-0.1, -0.05) is 48.0 Å². The van der Waals surface area contributed by atoms with Crippen molar-refractivity contribution in [1.29, 1.82) is 0 Å². The average Bonchev–Trinajstić information content (AvgIpc) is 3.21. The van der Waals surface area contributed by atoms with Gasteiger partial charge >= 0.3 is 11.7 Å². The zero-order chi connectivity index (χ0) is 26.7. The topological polar surface area (TPSA) is 99.4 Å². The molecule has 2 aliphatic rings. The number of benzene rings is 3. The van der Waals surface area contributed by atoms with Crippen molar-refractivity contribution in [3.63, 3.8) is 0 Å². The standard InChI is InChI=1S/C29H20ClN3O5/c1-32-26-23(27(35)33(2)29(32)37)21(22-24(31-26)19-8-3-4-9-20(19)25(22)34)16-6-5-7-18(14-16)38-28(36)15-10-12-17(30)13-11-15/h3-14,21,31H,1-2H3/t21-/m1/s1. The fourth-order valence-electron chi connectivity index (χ4n) is 5.10. The van der Waals surface area contributed by atoms with Crippen molar-refractivity contribution in [3.8, 4) is 5.75 Å². The SMILES string of the molecule is Cn1c2c(c(=O)n(C)c1=O)[C@H](c1cccc(OC(=O)c3ccc(Cl)cc3)c1)C1=C(N2)c2ccccc2C1=O. The fourth-order valence-corrected chi connectivity index (χ4v) is 5.23. The number of ketones is 1. The van der Waals surface area contributed by atoms with Crippen molar-refractivity contribution in [2.75, 3.05) is 5.32 Å². The Labute approximate surface area is 221 Å². The number of carbonyl (C=O) groups is 2. The number of hydrogen-bond donors (Lipinski definition) is 1. The summed E-state index contributed by atoms with van der Waals surface area (Å²) in [5.74, 6) is -1.03. The molecule has 188 valence electrons. The van der Waals surface area contributed by atoms with E-state index in [4.69, 9.17) is 16.3 Å². The van der Waals surface area contributed by atoms with Crippen LogP contribution < -0.4 is 21.3 Å². The molecule has 0 saturated carbocycles. The molecule has 8 nitrogen and oxygen atoms in total. The lowest BCUT2D eigenvalue weighted by Gasteiger charge is -2.29. The van der Waals surface area contributed by atoms with Crippen LogP contribution in [0.15, 0.2) is 88.0 Å². The number of allylic oxidation sites excluding steroid dienone is 1. The first-order valence-electron chi connectivity index (χ1n) is 11.8. The van der Waals surface area contributed by atoms with Crippen molar-refractivity contribution in [2.45, 2.75) is 5.92 Å². The van der Waals surface area contributed by atoms with Gasteiger partial charge in [0.2, 0.25) is 0 Å². The van der Waals surface area contributed by atoms with Gasteiger partial charge in [0, 0.05) is 41.7 Å². The van der Waals surface area contributed by atoms with Crippen molar-refractivity contribution in [1.82, 2.24) is 9.13 Å². The van der Waals surface area contributed by atoms with Crippen LogP contribution >= 0.6 is 11.6 Å². The van der Waals surface area contributed by atoms with Crippen LogP contribution in [0.3, 0.4) is 0 Å². The smallest absolute Gasteiger partial charge is 0.343 e. The van der Waals surface area contributed by atoms with E-state index in [1.165, 1.54) is 11.6 Å². The maximum absolute atomic E-state index is 13.7. The summed E-state index contributed by atoms with van der Waals surface area (Å²) in [5.41, 5.74) is 2.30. The molecule has 1 aliphatic carbocycles. The third-order valence-corrected chi connectivity index (χ3v) is 7.21. The summed E-state index contributed by atoms with van der Waals surface area (Å²) in [4.78, 5) is 52.7. The number of nitrogens with one attached hydrogen (secondary N) is 1. The summed E-state index contributed by atoms with van der Waals surface area (Å²) < 4.78 is 8.01. The van der Waals surface area contributed by atoms with E-state index in [1.54, 1.807) is 67.7 Å². The molecular weight excluding hydrogens is 506 g/mol. The quantitative estimate of drug-likeness (QED) is 0.319. The Morgan fingerprint density at radius 2 is 1.61 bits per heavy atom. The van der Waals surface area contributed by atoms with Crippen LogP contribution in [0.25, 0.3) is 5.70 Å². The van der Waals surface area contributed by atoms with Crippen LogP contribution in [-0.4, -0.2) is 20.9 Å². The Morgan fingerprint density at radius 3 is 2.34 bits per heavy atom. The van der Waals surface area contributed by atoms with Crippen molar-refractivity contribution in [3.05, 3.63) is 132 Å². The molecule has 9 heteroatoms. The predicted molar refractivity (Wildman–Crippen MR) is 143 cm³/mol. The molecule has 2 heterocycles. The predicted octanol–water partition coefficient (Wildman–Crippen LogP) is 4.12. The lowest BCUT2D eigenvalue weighted by atomic mass is 9.81. The van der Waals surface area contributed by atoms with Gasteiger partial charge in [-0.3, -0.25) is 18.7 Å². The number of hydrogen-bond acceptors (Lipinski definition) is 6. The number of anilines is 1. The van der Waals surface area contributed by atoms with Crippen LogP contribution in [0.1, 0.15) is 43.3 Å². The molecule has 0 amide bonds. The van der Waals surface area contributed by atoms with E-state index in [2.05, 4.69) is 5.32 Å². The Bertz CT molecular complexity index is 1830. The molecule has 4 aromatic rings. The molecule has 3 aromatic carbocycles. The first kappa shape index (κ1) is 23.7. The monoisotopic (exact) mass is 525 g/mol. The summed E-state index contributed by atoms with van der Waals surface area (Å²) in [6, 6.07) is 20.2. The number of ether oxygens (including phenoxy) is 1. The summed E-state index contributed by atoms with van der Waals surface area (Å²) in [6.07, 6.45) is 0. The van der Waals surface area contributed by atoms with E-state index in [0.29, 0.717) is 44.4 Å². The number of carbonyl (C=O) groups excluding carboxylic acids is 2. The minimum atomic E-state index is -0.805. The molecule has 38 heavy (non-hydrogen) atoms. The fraction of sp³-hybridized carbons (Fsp3) is 0.103. The largest absolute Gasteiger partial charge is 0.423 e. The Morgan fingerprint density at radius 1 is 0.895 bits per heavy atom. The molecule has 0 saturated heterocycles. The van der Waals surface area contributed by atoms with Crippen LogP contribution in [0, 0.1) is 0 Å². The molecule has 0 radical (unpaired) electrons. The maximum Gasteiger partial charge on any atom is 0.343 e. The lowest BCUT2D eigenvalue weighted by molar-refractivity contribution is 0.0734. The second-order valence-corrected chi connectivity index (χ2v) is 9.59. The zero-order valence-electron chi connectivity index (χ0n) is 20.3. The van der Waals surface area contributed by atoms with E-state index in [-0.39, 0.29) is 17.1 Å². The van der Waals surface area contributed by atoms with Crippen molar-refractivity contribution < 1.29 is 14.3 Å². The molecule has 6 rings (SSSR count). The summed E-state index contributed by atoms with van der Waals surface area (Å²) in [7, 11) is 2.98. The molecule has 1 N–H and O–H groups in total. The van der Waals surface area contributed by atoms with Gasteiger partial charge in [-0.2, -0.15) is 0 Å². The van der Waals surface area contributed by atoms with Crippen LogP contribution in [-0.2, 0) is 14.1 Å². The minimum Gasteiger partial charge on any atom is -0.423 e. The number of Topliss-reactive ketones (excluding diaryl/α,β-unsaturated/α-hetero) is 1. The lowest BCUT2D eigenvalue weighted by Crippen LogP contribution is -2.42. The summed E-state index contributed by atoms with van der Waals surface area (Å²) in [6.45, 7) is 0. The molecule has 1 atom stereocenters. The van der Waals surface area contributed by atoms with Crippen LogP contribution in [0.5, 0.6) is 5.75 Å². The van der Waals surface area contributed by atoms with Gasteiger partial charge in [0.15, 0.2) is 5.78 Å². The third kappa shape index (κ3) is 3.53. The molecular formula is C29H20ClN3O5. The minimum absolute atomic E-state index is 0.210. The number of rotatable bonds is 3. The molecule has 1 aromatic heterocycles. The van der Waals surface area contributed by atoms with Gasteiger partial charge in [-0.15, -0.1) is 0 Å². The van der Waals surface area contributed by atoms with Gasteiger partial charge in [0.05, 0.1) is 16.8 Å². The second-order valence-electron chi connectivity index (χ2n) is 9.16. The highest BCUT2D eigenvalue weighted by molar-refractivity contribution is 6.30. The first-order chi connectivity index (χ1) is 18.3. The van der Waals surface area contributed by atoms with Gasteiger partial charge in [-0.05, 0) is 42.0 Å².